The lowest BCUT2D eigenvalue weighted by molar-refractivity contribution is 0.0697. The molecule has 0 amide bonds. The van der Waals surface area contributed by atoms with Gasteiger partial charge in [-0.05, 0) is 31.0 Å². The summed E-state index contributed by atoms with van der Waals surface area (Å²) in [7, 11) is 0. The van der Waals surface area contributed by atoms with Crippen LogP contribution in [0.2, 0.25) is 0 Å². The maximum atomic E-state index is 11.0. The second-order valence-electron chi connectivity index (χ2n) is 6.30. The third-order valence-corrected chi connectivity index (χ3v) is 3.52. The smallest absolute Gasteiger partial charge is 0.335 e. The summed E-state index contributed by atoms with van der Waals surface area (Å²) in [6, 6.07) is 5.76. The van der Waals surface area contributed by atoms with Gasteiger partial charge in [-0.1, -0.05) is 20.8 Å². The number of aromatic nitrogens is 2. The van der Waals surface area contributed by atoms with Crippen molar-refractivity contribution in [1.82, 2.24) is 9.55 Å². The fraction of sp³-hybridized carbons (Fsp3) is 0.467. The summed E-state index contributed by atoms with van der Waals surface area (Å²) in [4.78, 5) is 15.7. The molecule has 1 aromatic carbocycles. The highest BCUT2D eigenvalue weighted by Crippen LogP contribution is 2.41. The van der Waals surface area contributed by atoms with Gasteiger partial charge in [0.15, 0.2) is 0 Å². The summed E-state index contributed by atoms with van der Waals surface area (Å²) < 4.78 is 2.29. The first-order valence-electron chi connectivity index (χ1n) is 6.63. The van der Waals surface area contributed by atoms with Crippen molar-refractivity contribution in [2.24, 2.45) is 0 Å². The Morgan fingerprint density at radius 1 is 1.37 bits per heavy atom. The number of carbonyl (C=O) groups is 1. The zero-order valence-corrected chi connectivity index (χ0v) is 11.5. The van der Waals surface area contributed by atoms with Crippen LogP contribution in [0, 0.1) is 0 Å². The number of imidazole rings is 1. The van der Waals surface area contributed by atoms with Crippen LogP contribution in [-0.4, -0.2) is 20.6 Å². The summed E-state index contributed by atoms with van der Waals surface area (Å²) in [5.74, 6) is 0.146. The number of benzene rings is 1. The lowest BCUT2D eigenvalue weighted by atomic mass is 9.95. The largest absolute Gasteiger partial charge is 0.478 e. The Kier molecular flexibility index (Phi) is 2.46. The van der Waals surface area contributed by atoms with Gasteiger partial charge >= 0.3 is 5.97 Å². The van der Waals surface area contributed by atoms with Gasteiger partial charge in [0.05, 0.1) is 16.6 Å². The average Bonchev–Trinajstić information content (AvgIpc) is 3.07. The van der Waals surface area contributed by atoms with Crippen LogP contribution in [0.25, 0.3) is 11.0 Å². The van der Waals surface area contributed by atoms with Crippen LogP contribution in [-0.2, 0) is 5.41 Å². The molecule has 1 aromatic heterocycles. The molecule has 1 aliphatic rings. The molecule has 1 saturated carbocycles. The number of carboxylic acids is 1. The maximum absolute atomic E-state index is 11.0. The lowest BCUT2D eigenvalue weighted by Gasteiger charge is -2.19. The Hall–Kier alpha value is -1.84. The number of nitrogens with zero attached hydrogens (tertiary/aromatic N) is 2. The quantitative estimate of drug-likeness (QED) is 0.898. The standard InChI is InChI=1S/C15H18N2O2/c1-15(2,3)14-16-11-8-9(13(18)19)4-7-12(11)17(14)10-5-6-10/h4,7-8,10H,5-6H2,1-3H3,(H,18,19). The van der Waals surface area contributed by atoms with Gasteiger partial charge in [0.25, 0.3) is 0 Å². The molecule has 0 saturated heterocycles. The van der Waals surface area contributed by atoms with Gasteiger partial charge in [-0.3, -0.25) is 0 Å². The molecule has 1 heterocycles. The molecule has 1 aliphatic carbocycles. The summed E-state index contributed by atoms with van der Waals surface area (Å²) in [5, 5.41) is 9.07. The fourth-order valence-electron chi connectivity index (χ4n) is 2.46. The fourth-order valence-corrected chi connectivity index (χ4v) is 2.46. The minimum atomic E-state index is -0.903. The molecule has 0 radical (unpaired) electrons. The molecule has 0 atom stereocenters. The van der Waals surface area contributed by atoms with E-state index in [0.717, 1.165) is 16.9 Å². The highest BCUT2D eigenvalue weighted by atomic mass is 16.4. The maximum Gasteiger partial charge on any atom is 0.335 e. The van der Waals surface area contributed by atoms with Crippen molar-refractivity contribution >= 4 is 17.0 Å². The van der Waals surface area contributed by atoms with Gasteiger partial charge < -0.3 is 9.67 Å². The summed E-state index contributed by atoms with van der Waals surface area (Å²) >= 11 is 0. The topological polar surface area (TPSA) is 55.1 Å². The Morgan fingerprint density at radius 2 is 2.05 bits per heavy atom. The zero-order valence-electron chi connectivity index (χ0n) is 11.5. The molecule has 0 spiro atoms. The van der Waals surface area contributed by atoms with Gasteiger partial charge in [-0.15, -0.1) is 0 Å². The molecule has 2 aromatic rings. The van der Waals surface area contributed by atoms with Crippen molar-refractivity contribution in [2.75, 3.05) is 0 Å². The van der Waals surface area contributed by atoms with E-state index in [1.54, 1.807) is 12.1 Å². The van der Waals surface area contributed by atoms with E-state index in [1.165, 1.54) is 12.8 Å². The summed E-state index contributed by atoms with van der Waals surface area (Å²) in [6.45, 7) is 6.43. The summed E-state index contributed by atoms with van der Waals surface area (Å²) in [5.41, 5.74) is 2.10. The van der Waals surface area contributed by atoms with E-state index in [1.807, 2.05) is 6.07 Å². The van der Waals surface area contributed by atoms with Crippen molar-refractivity contribution in [3.05, 3.63) is 29.6 Å². The number of aromatic carboxylic acids is 1. The Bertz CT molecular complexity index is 661. The van der Waals surface area contributed by atoms with E-state index in [9.17, 15) is 4.79 Å². The van der Waals surface area contributed by atoms with Crippen molar-refractivity contribution in [1.29, 1.82) is 0 Å². The molecule has 19 heavy (non-hydrogen) atoms. The van der Waals surface area contributed by atoms with Crippen LogP contribution in [0.5, 0.6) is 0 Å². The first kappa shape index (κ1) is 12.2. The van der Waals surface area contributed by atoms with Gasteiger partial charge in [-0.25, -0.2) is 9.78 Å². The number of rotatable bonds is 2. The van der Waals surface area contributed by atoms with E-state index in [0.29, 0.717) is 11.6 Å². The van der Waals surface area contributed by atoms with Crippen molar-refractivity contribution < 1.29 is 9.90 Å². The second-order valence-corrected chi connectivity index (χ2v) is 6.30. The normalized spacial score (nSPS) is 15.9. The SMILES string of the molecule is CC(C)(C)c1nc2cc(C(=O)O)ccc2n1C1CC1. The Labute approximate surface area is 112 Å². The molecule has 0 aliphatic heterocycles. The van der Waals surface area contributed by atoms with Crippen LogP contribution in [0.3, 0.4) is 0 Å². The molecular weight excluding hydrogens is 240 g/mol. The van der Waals surface area contributed by atoms with Gasteiger partial charge in [-0.2, -0.15) is 0 Å². The van der Waals surface area contributed by atoms with Gasteiger partial charge in [0.2, 0.25) is 0 Å². The number of hydrogen-bond donors (Lipinski definition) is 1. The van der Waals surface area contributed by atoms with E-state index >= 15 is 0 Å². The average molecular weight is 258 g/mol. The Morgan fingerprint density at radius 3 is 2.58 bits per heavy atom. The van der Waals surface area contributed by atoms with Crippen molar-refractivity contribution in [3.8, 4) is 0 Å². The van der Waals surface area contributed by atoms with Crippen LogP contribution in [0.1, 0.15) is 55.8 Å². The van der Waals surface area contributed by atoms with Crippen molar-refractivity contribution in [3.63, 3.8) is 0 Å². The number of hydrogen-bond acceptors (Lipinski definition) is 2. The summed E-state index contributed by atoms with van der Waals surface area (Å²) in [6.07, 6.45) is 2.38. The predicted molar refractivity (Wildman–Crippen MR) is 73.7 cm³/mol. The van der Waals surface area contributed by atoms with Gasteiger partial charge in [0.1, 0.15) is 5.82 Å². The van der Waals surface area contributed by atoms with Crippen LogP contribution >= 0.6 is 0 Å². The minimum absolute atomic E-state index is 0.0367. The molecule has 0 unspecified atom stereocenters. The number of fused-ring (bicyclic) bond motifs is 1. The lowest BCUT2D eigenvalue weighted by Crippen LogP contribution is -2.18. The van der Waals surface area contributed by atoms with E-state index in [4.69, 9.17) is 5.11 Å². The number of carboxylic acid groups (broad SMARTS) is 1. The van der Waals surface area contributed by atoms with Crippen LogP contribution < -0.4 is 0 Å². The van der Waals surface area contributed by atoms with Crippen molar-refractivity contribution in [2.45, 2.75) is 45.1 Å². The highest BCUT2D eigenvalue weighted by Gasteiger charge is 2.32. The van der Waals surface area contributed by atoms with Gasteiger partial charge in [0, 0.05) is 11.5 Å². The first-order valence-corrected chi connectivity index (χ1v) is 6.63. The van der Waals surface area contributed by atoms with E-state index in [-0.39, 0.29) is 5.41 Å². The zero-order chi connectivity index (χ0) is 13.8. The minimum Gasteiger partial charge on any atom is -0.478 e. The molecule has 4 heteroatoms. The van der Waals surface area contributed by atoms with Crippen LogP contribution in [0.4, 0.5) is 0 Å². The van der Waals surface area contributed by atoms with E-state index in [2.05, 4.69) is 30.3 Å². The van der Waals surface area contributed by atoms with Crippen LogP contribution in [0.15, 0.2) is 18.2 Å². The van der Waals surface area contributed by atoms with E-state index < -0.39 is 5.97 Å². The second kappa shape index (κ2) is 3.83. The third kappa shape index (κ3) is 2.01. The molecule has 3 rings (SSSR count). The molecule has 4 nitrogen and oxygen atoms in total. The molecule has 0 bridgehead atoms. The highest BCUT2D eigenvalue weighted by molar-refractivity contribution is 5.92. The Balaban J connectivity index is 2.26. The molecular formula is C15H18N2O2. The molecule has 1 fully saturated rings. The monoisotopic (exact) mass is 258 g/mol. The predicted octanol–water partition coefficient (Wildman–Crippen LogP) is 3.37. The third-order valence-electron chi connectivity index (χ3n) is 3.52. The molecule has 1 N–H and O–H groups in total. The first-order chi connectivity index (χ1) is 8.88. The molecule has 100 valence electrons.